The summed E-state index contributed by atoms with van der Waals surface area (Å²) in [5, 5.41) is 3.35. The van der Waals surface area contributed by atoms with Gasteiger partial charge in [0, 0.05) is 44.0 Å². The van der Waals surface area contributed by atoms with E-state index in [0.717, 1.165) is 32.0 Å². The number of amides is 2. The van der Waals surface area contributed by atoms with Gasteiger partial charge in [0.1, 0.15) is 0 Å². The van der Waals surface area contributed by atoms with E-state index in [0.29, 0.717) is 23.4 Å². The number of nitrogens with zero attached hydrogens (tertiary/aromatic N) is 4. The van der Waals surface area contributed by atoms with Crippen molar-refractivity contribution in [1.82, 2.24) is 20.1 Å². The number of hydrogen-bond donors (Lipinski definition) is 1. The molecule has 12 nitrogen and oxygen atoms in total. The number of pyridine rings is 1. The van der Waals surface area contributed by atoms with Crippen LogP contribution in [0.1, 0.15) is 30.9 Å². The van der Waals surface area contributed by atoms with Gasteiger partial charge in [0.25, 0.3) is 21.5 Å². The van der Waals surface area contributed by atoms with E-state index in [-0.39, 0.29) is 46.0 Å². The molecule has 0 bridgehead atoms. The van der Waals surface area contributed by atoms with Crippen molar-refractivity contribution in [1.29, 1.82) is 0 Å². The van der Waals surface area contributed by atoms with Gasteiger partial charge in [-0.05, 0) is 63.2 Å². The van der Waals surface area contributed by atoms with Crippen molar-refractivity contribution >= 4 is 27.7 Å². The number of benzene rings is 2. The van der Waals surface area contributed by atoms with Crippen LogP contribution >= 0.6 is 0 Å². The number of aromatic nitrogens is 1. The van der Waals surface area contributed by atoms with Crippen molar-refractivity contribution in [3.05, 3.63) is 77.7 Å². The standard InChI is InChI=1S/C32H36FN5O7S/c1-4-44-29-24(11-8-14-35-29)32(45-31(40)36(2)22-19-37(20-22)21-12-15-34-16-13-21)25-17-28(43-3)26(33)18-27(25)38(30(32)39)46(41,42)23-9-6-5-7-10-23/h5-11,14,17-18,21-22,34H,4,12-13,15-16,19-20H2,1-3H3. The molecule has 14 heteroatoms. The molecule has 244 valence electrons. The smallest absolute Gasteiger partial charge is 0.411 e. The molecule has 0 spiro atoms. The van der Waals surface area contributed by atoms with Crippen molar-refractivity contribution in [3.63, 3.8) is 0 Å². The molecular formula is C32H36FN5O7S. The van der Waals surface area contributed by atoms with Crippen LogP contribution in [-0.4, -0.2) is 94.2 Å². The van der Waals surface area contributed by atoms with Crippen molar-refractivity contribution in [2.45, 2.75) is 42.3 Å². The second kappa shape index (κ2) is 12.5. The molecule has 2 amide bonds. The number of carbonyl (C=O) groups is 2. The van der Waals surface area contributed by atoms with Crippen molar-refractivity contribution < 1.29 is 36.6 Å². The van der Waals surface area contributed by atoms with Crippen LogP contribution in [-0.2, 0) is 25.2 Å². The zero-order valence-electron chi connectivity index (χ0n) is 25.8. The average molecular weight is 654 g/mol. The molecule has 1 N–H and O–H groups in total. The van der Waals surface area contributed by atoms with Gasteiger partial charge in [0.2, 0.25) is 5.88 Å². The number of likely N-dealkylation sites (N-methyl/N-ethyl adjacent to an activating group) is 1. The third-order valence-corrected chi connectivity index (χ3v) is 10.6. The molecular weight excluding hydrogens is 617 g/mol. The average Bonchev–Trinajstić information content (AvgIpc) is 3.28. The summed E-state index contributed by atoms with van der Waals surface area (Å²) < 4.78 is 61.3. The van der Waals surface area contributed by atoms with Gasteiger partial charge in [-0.3, -0.25) is 9.69 Å². The Morgan fingerprint density at radius 1 is 1.11 bits per heavy atom. The van der Waals surface area contributed by atoms with E-state index >= 15 is 4.39 Å². The minimum atomic E-state index is -4.63. The Morgan fingerprint density at radius 2 is 1.83 bits per heavy atom. The molecule has 1 aromatic heterocycles. The van der Waals surface area contributed by atoms with E-state index < -0.39 is 33.4 Å². The van der Waals surface area contributed by atoms with Gasteiger partial charge in [0.05, 0.1) is 35.9 Å². The maximum absolute atomic E-state index is 15.3. The van der Waals surface area contributed by atoms with Crippen LogP contribution in [0.25, 0.3) is 0 Å². The first-order valence-corrected chi connectivity index (χ1v) is 16.6. The molecule has 1 atom stereocenters. The topological polar surface area (TPSA) is 131 Å². The molecule has 4 heterocycles. The third kappa shape index (κ3) is 5.23. The molecule has 46 heavy (non-hydrogen) atoms. The summed E-state index contributed by atoms with van der Waals surface area (Å²) in [4.78, 5) is 36.7. The number of nitrogens with one attached hydrogen (secondary N) is 1. The second-order valence-corrected chi connectivity index (χ2v) is 13.2. The minimum absolute atomic E-state index is 0.0192. The summed E-state index contributed by atoms with van der Waals surface area (Å²) in [6, 6.07) is 12.6. The van der Waals surface area contributed by atoms with Crippen LogP contribution < -0.4 is 19.1 Å². The molecule has 0 saturated carbocycles. The summed E-state index contributed by atoms with van der Waals surface area (Å²) >= 11 is 0. The summed E-state index contributed by atoms with van der Waals surface area (Å²) in [7, 11) is -1.81. The zero-order chi connectivity index (χ0) is 32.6. The first-order valence-electron chi connectivity index (χ1n) is 15.1. The second-order valence-electron chi connectivity index (χ2n) is 11.4. The molecule has 3 aliphatic heterocycles. The Bertz CT molecular complexity index is 1730. The van der Waals surface area contributed by atoms with Crippen molar-refractivity contribution in [2.75, 3.05) is 51.2 Å². The van der Waals surface area contributed by atoms with E-state index in [1.807, 2.05) is 0 Å². The number of likely N-dealkylation sites (tertiary alicyclic amines) is 1. The number of fused-ring (bicyclic) bond motifs is 1. The summed E-state index contributed by atoms with van der Waals surface area (Å²) in [6.07, 6.45) is 2.59. The number of halogens is 1. The van der Waals surface area contributed by atoms with Crippen LogP contribution in [0.2, 0.25) is 0 Å². The molecule has 3 aliphatic rings. The molecule has 2 saturated heterocycles. The first-order chi connectivity index (χ1) is 22.1. The Morgan fingerprint density at radius 3 is 2.50 bits per heavy atom. The van der Waals surface area contributed by atoms with Gasteiger partial charge in [-0.25, -0.2) is 22.6 Å². The maximum Gasteiger partial charge on any atom is 0.411 e. The van der Waals surface area contributed by atoms with Crippen molar-refractivity contribution in [2.24, 2.45) is 0 Å². The number of rotatable bonds is 9. The fraction of sp³-hybridized carbons (Fsp3) is 0.406. The molecule has 3 aromatic rings. The number of hydrogen-bond acceptors (Lipinski definition) is 10. The van der Waals surface area contributed by atoms with Gasteiger partial charge in [-0.1, -0.05) is 18.2 Å². The van der Waals surface area contributed by atoms with E-state index in [2.05, 4.69) is 15.2 Å². The van der Waals surface area contributed by atoms with Crippen LogP contribution in [0.15, 0.2) is 65.7 Å². The lowest BCUT2D eigenvalue weighted by Crippen LogP contribution is -2.64. The van der Waals surface area contributed by atoms with Gasteiger partial charge in [-0.2, -0.15) is 4.31 Å². The van der Waals surface area contributed by atoms with Crippen LogP contribution in [0, 0.1) is 5.82 Å². The van der Waals surface area contributed by atoms with Gasteiger partial charge < -0.3 is 24.4 Å². The quantitative estimate of drug-likeness (QED) is 0.368. The van der Waals surface area contributed by atoms with Crippen LogP contribution in [0.3, 0.4) is 0 Å². The summed E-state index contributed by atoms with van der Waals surface area (Å²) in [6.45, 7) is 4.98. The molecule has 2 fully saturated rings. The highest BCUT2D eigenvalue weighted by Crippen LogP contribution is 2.52. The van der Waals surface area contributed by atoms with Crippen LogP contribution in [0.5, 0.6) is 11.6 Å². The number of sulfonamides is 1. The predicted molar refractivity (Wildman–Crippen MR) is 166 cm³/mol. The lowest BCUT2D eigenvalue weighted by Gasteiger charge is -2.48. The Hall–Kier alpha value is -4.27. The number of anilines is 1. The fourth-order valence-corrected chi connectivity index (χ4v) is 7.80. The van der Waals surface area contributed by atoms with Gasteiger partial charge in [-0.15, -0.1) is 0 Å². The van der Waals surface area contributed by atoms with Crippen LogP contribution in [0.4, 0.5) is 14.9 Å². The highest BCUT2D eigenvalue weighted by atomic mass is 32.2. The van der Waals surface area contributed by atoms with E-state index in [4.69, 9.17) is 14.2 Å². The normalized spacial score (nSPS) is 20.6. The van der Waals surface area contributed by atoms with Crippen molar-refractivity contribution in [3.8, 4) is 11.6 Å². The lowest BCUT2D eigenvalue weighted by atomic mass is 9.87. The number of piperidine rings is 1. The monoisotopic (exact) mass is 653 g/mol. The fourth-order valence-electron chi connectivity index (χ4n) is 6.33. The lowest BCUT2D eigenvalue weighted by molar-refractivity contribution is -0.133. The molecule has 0 aliphatic carbocycles. The maximum atomic E-state index is 15.3. The summed E-state index contributed by atoms with van der Waals surface area (Å²) in [5.74, 6) is -2.40. The summed E-state index contributed by atoms with van der Waals surface area (Å²) in [5.41, 5.74) is -2.89. The number of methoxy groups -OCH3 is 1. The Labute approximate surface area is 267 Å². The molecule has 2 aromatic carbocycles. The zero-order valence-corrected chi connectivity index (χ0v) is 26.6. The SMILES string of the molecule is CCOc1ncccc1C1(OC(=O)N(C)C2CN(C3CCNCC3)C2)C(=O)N(S(=O)(=O)c2ccccc2)c2cc(F)c(OC)cc21. The first kappa shape index (κ1) is 31.7. The van der Waals surface area contributed by atoms with E-state index in [1.165, 1.54) is 60.7 Å². The Balaban J connectivity index is 1.47. The Kier molecular flexibility index (Phi) is 8.61. The van der Waals surface area contributed by atoms with E-state index in [1.54, 1.807) is 20.0 Å². The third-order valence-electron chi connectivity index (χ3n) is 8.86. The molecule has 0 radical (unpaired) electrons. The number of ether oxygens (including phenoxy) is 3. The van der Waals surface area contributed by atoms with Gasteiger partial charge >= 0.3 is 6.09 Å². The van der Waals surface area contributed by atoms with E-state index in [9.17, 15) is 18.0 Å². The number of carbonyl (C=O) groups excluding carboxylic acids is 2. The largest absolute Gasteiger partial charge is 0.494 e. The highest BCUT2D eigenvalue weighted by molar-refractivity contribution is 7.93. The van der Waals surface area contributed by atoms with Gasteiger partial charge in [0.15, 0.2) is 11.6 Å². The predicted octanol–water partition coefficient (Wildman–Crippen LogP) is 3.11. The minimum Gasteiger partial charge on any atom is -0.494 e. The molecule has 6 rings (SSSR count). The highest BCUT2D eigenvalue weighted by Gasteiger charge is 2.61. The molecule has 1 unspecified atom stereocenters.